The lowest BCUT2D eigenvalue weighted by atomic mass is 10.2. The van der Waals surface area contributed by atoms with Crippen LogP contribution in [0.25, 0.3) is 22.5 Å². The molecule has 0 unspecified atom stereocenters. The molecule has 0 N–H and O–H groups in total. The van der Waals surface area contributed by atoms with Gasteiger partial charge in [0.25, 0.3) is 0 Å². The first-order valence-electron chi connectivity index (χ1n) is 9.59. The third-order valence-electron chi connectivity index (χ3n) is 4.89. The van der Waals surface area contributed by atoms with Gasteiger partial charge in [-0.05, 0) is 43.3 Å². The average Bonchev–Trinajstić information content (AvgIpc) is 3.46. The molecule has 0 amide bonds. The number of benzene rings is 2. The van der Waals surface area contributed by atoms with Gasteiger partial charge < -0.3 is 13.5 Å². The van der Waals surface area contributed by atoms with Crippen molar-refractivity contribution in [3.8, 4) is 11.5 Å². The fourth-order valence-electron chi connectivity index (χ4n) is 3.42. The van der Waals surface area contributed by atoms with E-state index in [1.165, 1.54) is 12.1 Å². The summed E-state index contributed by atoms with van der Waals surface area (Å²) in [4.78, 5) is 13.5. The van der Waals surface area contributed by atoms with E-state index in [0.29, 0.717) is 48.2 Å². The van der Waals surface area contributed by atoms with Gasteiger partial charge in [-0.15, -0.1) is 0 Å². The molecule has 3 aromatic heterocycles. The van der Waals surface area contributed by atoms with E-state index in [1.54, 1.807) is 18.4 Å². The SMILES string of the molecule is Cc1nc2ccccc2n1CCc1noc(Cc2coc(-c3ccc(F)cc3)n2)n1. The summed E-state index contributed by atoms with van der Waals surface area (Å²) in [6.07, 6.45) is 2.54. The molecule has 7 nitrogen and oxygen atoms in total. The number of hydrogen-bond acceptors (Lipinski definition) is 6. The second-order valence-electron chi connectivity index (χ2n) is 6.98. The van der Waals surface area contributed by atoms with E-state index in [0.717, 1.165) is 16.9 Å². The van der Waals surface area contributed by atoms with Crippen LogP contribution in [-0.2, 0) is 19.4 Å². The molecule has 3 heterocycles. The molecule has 0 bridgehead atoms. The highest BCUT2D eigenvalue weighted by atomic mass is 19.1. The molecule has 0 saturated carbocycles. The number of rotatable bonds is 6. The molecule has 2 aromatic carbocycles. The Morgan fingerprint density at radius 3 is 2.70 bits per heavy atom. The summed E-state index contributed by atoms with van der Waals surface area (Å²) in [6, 6.07) is 14.0. The number of nitrogens with zero attached hydrogens (tertiary/aromatic N) is 5. The number of aromatic nitrogens is 5. The lowest BCUT2D eigenvalue weighted by Gasteiger charge is -2.04. The molecule has 5 aromatic rings. The summed E-state index contributed by atoms with van der Waals surface area (Å²) in [5, 5.41) is 4.08. The maximum absolute atomic E-state index is 13.1. The minimum atomic E-state index is -0.303. The molecule has 0 fully saturated rings. The van der Waals surface area contributed by atoms with Crippen molar-refractivity contribution < 1.29 is 13.3 Å². The predicted molar refractivity (Wildman–Crippen MR) is 107 cm³/mol. The highest BCUT2D eigenvalue weighted by Gasteiger charge is 2.13. The van der Waals surface area contributed by atoms with Crippen molar-refractivity contribution in [2.75, 3.05) is 0 Å². The van der Waals surface area contributed by atoms with Gasteiger partial charge in [0.1, 0.15) is 17.9 Å². The van der Waals surface area contributed by atoms with E-state index in [2.05, 4.69) is 30.7 Å². The Bertz CT molecular complexity index is 1300. The van der Waals surface area contributed by atoms with Crippen molar-refractivity contribution in [2.24, 2.45) is 0 Å². The zero-order chi connectivity index (χ0) is 20.5. The fourth-order valence-corrected chi connectivity index (χ4v) is 3.42. The maximum Gasteiger partial charge on any atom is 0.232 e. The Morgan fingerprint density at radius 1 is 1.00 bits per heavy atom. The Kier molecular flexibility index (Phi) is 4.59. The van der Waals surface area contributed by atoms with Crippen molar-refractivity contribution >= 4 is 11.0 Å². The van der Waals surface area contributed by atoms with Gasteiger partial charge in [0.05, 0.1) is 23.1 Å². The molecular weight excluding hydrogens is 385 g/mol. The smallest absolute Gasteiger partial charge is 0.232 e. The van der Waals surface area contributed by atoms with Crippen LogP contribution in [0.3, 0.4) is 0 Å². The average molecular weight is 403 g/mol. The highest BCUT2D eigenvalue weighted by Crippen LogP contribution is 2.20. The first-order chi connectivity index (χ1) is 14.7. The standard InChI is InChI=1S/C22H18FN5O2/c1-14-24-18-4-2-3-5-19(18)28(14)11-10-20-26-21(30-27-20)12-17-13-29-22(25-17)15-6-8-16(23)9-7-15/h2-9,13H,10-12H2,1H3. The van der Waals surface area contributed by atoms with Crippen molar-refractivity contribution in [2.45, 2.75) is 26.3 Å². The van der Waals surface area contributed by atoms with Crippen LogP contribution in [0.2, 0.25) is 0 Å². The highest BCUT2D eigenvalue weighted by molar-refractivity contribution is 5.75. The first-order valence-corrected chi connectivity index (χ1v) is 9.59. The number of oxazole rings is 1. The molecule has 0 atom stereocenters. The summed E-state index contributed by atoms with van der Waals surface area (Å²) in [6.45, 7) is 2.70. The molecule has 0 radical (unpaired) electrons. The van der Waals surface area contributed by atoms with Crippen LogP contribution in [0.5, 0.6) is 0 Å². The van der Waals surface area contributed by atoms with Gasteiger partial charge in [-0.3, -0.25) is 0 Å². The summed E-state index contributed by atoms with van der Waals surface area (Å²) in [7, 11) is 0. The quantitative estimate of drug-likeness (QED) is 0.419. The maximum atomic E-state index is 13.1. The van der Waals surface area contributed by atoms with Crippen molar-refractivity contribution in [1.82, 2.24) is 24.7 Å². The van der Waals surface area contributed by atoms with E-state index < -0.39 is 0 Å². The Labute approximate surface area is 171 Å². The Hall–Kier alpha value is -3.81. The third-order valence-corrected chi connectivity index (χ3v) is 4.89. The van der Waals surface area contributed by atoms with Gasteiger partial charge in [0.2, 0.25) is 11.8 Å². The summed E-state index contributed by atoms with van der Waals surface area (Å²) >= 11 is 0. The molecule has 150 valence electrons. The molecule has 8 heteroatoms. The van der Waals surface area contributed by atoms with Gasteiger partial charge in [-0.1, -0.05) is 17.3 Å². The van der Waals surface area contributed by atoms with Crippen LogP contribution in [-0.4, -0.2) is 24.7 Å². The van der Waals surface area contributed by atoms with Crippen LogP contribution >= 0.6 is 0 Å². The summed E-state index contributed by atoms with van der Waals surface area (Å²) in [5.41, 5.74) is 3.44. The van der Waals surface area contributed by atoms with E-state index in [4.69, 9.17) is 8.94 Å². The number of imidazole rings is 1. The molecule has 0 aliphatic heterocycles. The molecule has 30 heavy (non-hydrogen) atoms. The van der Waals surface area contributed by atoms with Crippen LogP contribution < -0.4 is 0 Å². The van der Waals surface area contributed by atoms with Crippen molar-refractivity contribution in [1.29, 1.82) is 0 Å². The van der Waals surface area contributed by atoms with Gasteiger partial charge >= 0.3 is 0 Å². The summed E-state index contributed by atoms with van der Waals surface area (Å²) < 4.78 is 26.1. The molecule has 0 aliphatic rings. The lowest BCUT2D eigenvalue weighted by molar-refractivity contribution is 0.377. The Morgan fingerprint density at radius 2 is 1.83 bits per heavy atom. The molecule has 0 spiro atoms. The molecule has 0 saturated heterocycles. The number of halogens is 1. The minimum absolute atomic E-state index is 0.303. The van der Waals surface area contributed by atoms with E-state index >= 15 is 0 Å². The topological polar surface area (TPSA) is 82.8 Å². The van der Waals surface area contributed by atoms with Crippen LogP contribution in [0.4, 0.5) is 4.39 Å². The van der Waals surface area contributed by atoms with E-state index in [1.807, 2.05) is 25.1 Å². The predicted octanol–water partition coefficient (Wildman–Crippen LogP) is 4.36. The number of fused-ring (bicyclic) bond motifs is 1. The van der Waals surface area contributed by atoms with Gasteiger partial charge in [0, 0.05) is 18.5 Å². The summed E-state index contributed by atoms with van der Waals surface area (Å²) in [5.74, 6) is 2.17. The minimum Gasteiger partial charge on any atom is -0.444 e. The monoisotopic (exact) mass is 403 g/mol. The first kappa shape index (κ1) is 18.2. The van der Waals surface area contributed by atoms with Gasteiger partial charge in [0.15, 0.2) is 5.82 Å². The van der Waals surface area contributed by atoms with Crippen LogP contribution in [0.1, 0.15) is 23.2 Å². The number of hydrogen-bond donors (Lipinski definition) is 0. The normalized spacial score (nSPS) is 11.4. The lowest BCUT2D eigenvalue weighted by Crippen LogP contribution is -2.04. The van der Waals surface area contributed by atoms with E-state index in [9.17, 15) is 4.39 Å². The second kappa shape index (κ2) is 7.55. The van der Waals surface area contributed by atoms with Crippen LogP contribution in [0, 0.1) is 12.7 Å². The zero-order valence-electron chi connectivity index (χ0n) is 16.2. The molecule has 0 aliphatic carbocycles. The van der Waals surface area contributed by atoms with Gasteiger partial charge in [-0.25, -0.2) is 14.4 Å². The van der Waals surface area contributed by atoms with E-state index in [-0.39, 0.29) is 5.82 Å². The van der Waals surface area contributed by atoms with Crippen LogP contribution in [0.15, 0.2) is 63.7 Å². The third kappa shape index (κ3) is 3.59. The number of aryl methyl sites for hydroxylation is 3. The van der Waals surface area contributed by atoms with Crippen molar-refractivity contribution in [3.05, 3.63) is 83.8 Å². The second-order valence-corrected chi connectivity index (χ2v) is 6.98. The Balaban J connectivity index is 1.26. The van der Waals surface area contributed by atoms with Crippen molar-refractivity contribution in [3.63, 3.8) is 0 Å². The molecule has 5 rings (SSSR count). The molecular formula is C22H18FN5O2. The fraction of sp³-hybridized carbons (Fsp3) is 0.182. The van der Waals surface area contributed by atoms with Gasteiger partial charge in [-0.2, -0.15) is 4.98 Å². The number of para-hydroxylation sites is 2. The largest absolute Gasteiger partial charge is 0.444 e. The zero-order valence-corrected chi connectivity index (χ0v) is 16.2.